The number of fused-ring (bicyclic) bond motifs is 1. The molecule has 0 spiro atoms. The second kappa shape index (κ2) is 11.0. The normalized spacial score (nSPS) is 17.9. The molecule has 1 N–H and O–H groups in total. The predicted molar refractivity (Wildman–Crippen MR) is 153 cm³/mol. The molecule has 40 heavy (non-hydrogen) atoms. The maximum atomic E-state index is 5.83. The number of anilines is 2. The second-order valence-corrected chi connectivity index (χ2v) is 10.3. The van der Waals surface area contributed by atoms with Crippen LogP contribution in [-0.2, 0) is 17.7 Å². The van der Waals surface area contributed by atoms with Gasteiger partial charge in [-0.2, -0.15) is 10.2 Å². The largest absolute Gasteiger partial charge is 0.374 e. The number of piperazine rings is 1. The molecular formula is C29H32N10O. The Morgan fingerprint density at radius 3 is 2.48 bits per heavy atom. The van der Waals surface area contributed by atoms with Gasteiger partial charge >= 0.3 is 0 Å². The van der Waals surface area contributed by atoms with Crippen LogP contribution in [-0.4, -0.2) is 86.3 Å². The number of benzene rings is 1. The summed E-state index contributed by atoms with van der Waals surface area (Å²) in [6.07, 6.45) is 12.5. The lowest BCUT2D eigenvalue weighted by Gasteiger charge is -2.35. The second-order valence-electron chi connectivity index (χ2n) is 10.3. The van der Waals surface area contributed by atoms with Crippen LogP contribution in [0, 0.1) is 0 Å². The smallest absolute Gasteiger partial charge is 0.225 e. The topological polar surface area (TPSA) is 102 Å². The number of hydrogen-bond acceptors (Lipinski definition) is 9. The van der Waals surface area contributed by atoms with Crippen LogP contribution in [0.1, 0.15) is 11.1 Å². The van der Waals surface area contributed by atoms with E-state index in [0.29, 0.717) is 0 Å². The molecule has 7 rings (SSSR count). The molecular weight excluding hydrogens is 504 g/mol. The molecule has 0 saturated carbocycles. The van der Waals surface area contributed by atoms with E-state index in [-0.39, 0.29) is 6.10 Å². The van der Waals surface area contributed by atoms with Crippen molar-refractivity contribution in [3.8, 4) is 11.1 Å². The summed E-state index contributed by atoms with van der Waals surface area (Å²) >= 11 is 0. The highest BCUT2D eigenvalue weighted by molar-refractivity contribution is 5.77. The molecule has 11 nitrogen and oxygen atoms in total. The van der Waals surface area contributed by atoms with Gasteiger partial charge in [-0.25, -0.2) is 19.5 Å². The fourth-order valence-electron chi connectivity index (χ4n) is 5.43. The molecule has 2 saturated heterocycles. The summed E-state index contributed by atoms with van der Waals surface area (Å²) in [6, 6.07) is 12.6. The van der Waals surface area contributed by atoms with Gasteiger partial charge in [0.15, 0.2) is 5.82 Å². The molecule has 6 heterocycles. The minimum atomic E-state index is 0.142. The van der Waals surface area contributed by atoms with Crippen molar-refractivity contribution in [1.29, 1.82) is 0 Å². The average Bonchev–Trinajstić information content (AvgIpc) is 3.66. The zero-order valence-corrected chi connectivity index (χ0v) is 22.3. The van der Waals surface area contributed by atoms with Gasteiger partial charge in [0.1, 0.15) is 11.8 Å². The quantitative estimate of drug-likeness (QED) is 0.336. The summed E-state index contributed by atoms with van der Waals surface area (Å²) < 4.78 is 9.69. The SMILES string of the molecule is c1ccc(Cc2cnc(N3CCN(c4ncnn5cc(-c6cnn(CC7CNCCO7)c6)cc45)CC3)nc2)cc1. The van der Waals surface area contributed by atoms with E-state index in [1.165, 1.54) is 5.56 Å². The Hall–Kier alpha value is -4.35. The fraction of sp³-hybridized carbons (Fsp3) is 0.345. The van der Waals surface area contributed by atoms with Gasteiger partial charge in [-0.3, -0.25) is 4.68 Å². The molecule has 2 fully saturated rings. The first-order valence-corrected chi connectivity index (χ1v) is 13.8. The van der Waals surface area contributed by atoms with Crippen LogP contribution in [0.3, 0.4) is 0 Å². The predicted octanol–water partition coefficient (Wildman–Crippen LogP) is 2.29. The van der Waals surface area contributed by atoms with Crippen molar-refractivity contribution >= 4 is 17.3 Å². The lowest BCUT2D eigenvalue weighted by Crippen LogP contribution is -2.47. The number of ether oxygens (including phenoxy) is 1. The summed E-state index contributed by atoms with van der Waals surface area (Å²) in [6.45, 7) is 6.54. The van der Waals surface area contributed by atoms with Crippen LogP contribution < -0.4 is 15.1 Å². The van der Waals surface area contributed by atoms with E-state index in [4.69, 9.17) is 4.74 Å². The number of aromatic nitrogens is 7. The number of nitrogens with one attached hydrogen (secondary N) is 1. The highest BCUT2D eigenvalue weighted by Gasteiger charge is 2.23. The highest BCUT2D eigenvalue weighted by Crippen LogP contribution is 2.27. The Morgan fingerprint density at radius 2 is 1.68 bits per heavy atom. The van der Waals surface area contributed by atoms with E-state index in [0.717, 1.165) is 92.8 Å². The molecule has 11 heteroatoms. The summed E-state index contributed by atoms with van der Waals surface area (Å²) in [4.78, 5) is 18.6. The monoisotopic (exact) mass is 536 g/mol. The van der Waals surface area contributed by atoms with E-state index >= 15 is 0 Å². The molecule has 0 radical (unpaired) electrons. The molecule has 2 aliphatic rings. The van der Waals surface area contributed by atoms with Crippen molar-refractivity contribution in [1.82, 2.24) is 39.7 Å². The van der Waals surface area contributed by atoms with Gasteiger partial charge in [-0.1, -0.05) is 30.3 Å². The molecule has 4 aromatic heterocycles. The van der Waals surface area contributed by atoms with Crippen molar-refractivity contribution in [2.75, 3.05) is 55.7 Å². The number of morpholine rings is 1. The minimum absolute atomic E-state index is 0.142. The van der Waals surface area contributed by atoms with E-state index < -0.39 is 0 Å². The average molecular weight is 537 g/mol. The number of nitrogens with zero attached hydrogens (tertiary/aromatic N) is 9. The Balaban J connectivity index is 1.01. The lowest BCUT2D eigenvalue weighted by molar-refractivity contribution is 0.0161. The van der Waals surface area contributed by atoms with E-state index in [1.807, 2.05) is 40.1 Å². The third-order valence-corrected chi connectivity index (χ3v) is 7.55. The van der Waals surface area contributed by atoms with Crippen molar-refractivity contribution in [3.05, 3.63) is 84.8 Å². The summed E-state index contributed by atoms with van der Waals surface area (Å²) in [5.41, 5.74) is 5.49. The standard InChI is InChI=1S/C29H32N10O/c1-2-4-22(5-3-1)12-23-14-31-29(32-15-23)37-9-7-36(8-10-37)28-27-13-24(19-39(27)35-21-33-28)25-16-34-38(18-25)20-26-17-30-6-11-40-26/h1-5,13-16,18-19,21,26,30H,6-12,17,20H2. The summed E-state index contributed by atoms with van der Waals surface area (Å²) in [7, 11) is 0. The van der Waals surface area contributed by atoms with Crippen molar-refractivity contribution in [3.63, 3.8) is 0 Å². The van der Waals surface area contributed by atoms with Gasteiger partial charge in [0, 0.05) is 81.6 Å². The van der Waals surface area contributed by atoms with Crippen molar-refractivity contribution in [2.24, 2.45) is 0 Å². The number of rotatable bonds is 7. The first-order chi connectivity index (χ1) is 19.8. The van der Waals surface area contributed by atoms with Crippen molar-refractivity contribution < 1.29 is 4.74 Å². The Labute approximate surface area is 232 Å². The van der Waals surface area contributed by atoms with Crippen molar-refractivity contribution in [2.45, 2.75) is 19.1 Å². The van der Waals surface area contributed by atoms with Gasteiger partial charge in [0.2, 0.25) is 5.95 Å². The van der Waals surface area contributed by atoms with E-state index in [1.54, 1.807) is 6.33 Å². The molecule has 1 aromatic carbocycles. The Morgan fingerprint density at radius 1 is 0.850 bits per heavy atom. The molecule has 0 bridgehead atoms. The van der Waals surface area contributed by atoms with Crippen LogP contribution in [0.5, 0.6) is 0 Å². The third-order valence-electron chi connectivity index (χ3n) is 7.55. The minimum Gasteiger partial charge on any atom is -0.374 e. The zero-order chi connectivity index (χ0) is 26.7. The zero-order valence-electron chi connectivity index (χ0n) is 22.3. The number of hydrogen-bond donors (Lipinski definition) is 1. The van der Waals surface area contributed by atoms with Crippen LogP contribution in [0.15, 0.2) is 73.7 Å². The lowest BCUT2D eigenvalue weighted by atomic mass is 10.1. The molecule has 1 atom stereocenters. The molecule has 2 aliphatic heterocycles. The third kappa shape index (κ3) is 5.25. The first-order valence-electron chi connectivity index (χ1n) is 13.8. The molecule has 204 valence electrons. The fourth-order valence-corrected chi connectivity index (χ4v) is 5.43. The molecule has 5 aromatic rings. The van der Waals surface area contributed by atoms with Gasteiger partial charge in [-0.15, -0.1) is 0 Å². The Bertz CT molecular complexity index is 1550. The Kier molecular flexibility index (Phi) is 6.80. The van der Waals surface area contributed by atoms with Gasteiger partial charge in [0.25, 0.3) is 0 Å². The van der Waals surface area contributed by atoms with Gasteiger partial charge in [0.05, 0.1) is 25.5 Å². The van der Waals surface area contributed by atoms with Gasteiger partial charge < -0.3 is 19.9 Å². The van der Waals surface area contributed by atoms with Gasteiger partial charge in [-0.05, 0) is 17.2 Å². The maximum Gasteiger partial charge on any atom is 0.225 e. The molecule has 0 aliphatic carbocycles. The highest BCUT2D eigenvalue weighted by atomic mass is 16.5. The summed E-state index contributed by atoms with van der Waals surface area (Å²) in [5.74, 6) is 1.72. The summed E-state index contributed by atoms with van der Waals surface area (Å²) in [5, 5.41) is 12.4. The van der Waals surface area contributed by atoms with E-state index in [9.17, 15) is 0 Å². The molecule has 1 unspecified atom stereocenters. The molecule has 0 amide bonds. The van der Waals surface area contributed by atoms with Crippen LogP contribution >= 0.6 is 0 Å². The van der Waals surface area contributed by atoms with Crippen LogP contribution in [0.2, 0.25) is 0 Å². The maximum absolute atomic E-state index is 5.83. The van der Waals surface area contributed by atoms with Crippen LogP contribution in [0.4, 0.5) is 11.8 Å². The van der Waals surface area contributed by atoms with E-state index in [2.05, 4.69) is 76.8 Å². The first kappa shape index (κ1) is 24.7. The van der Waals surface area contributed by atoms with Crippen LogP contribution in [0.25, 0.3) is 16.6 Å².